The molecule has 9 heteroatoms. The largest absolute Gasteiger partial charge is 0.339 e. The fourth-order valence-corrected chi connectivity index (χ4v) is 4.68. The number of fused-ring (bicyclic) bond motifs is 3. The van der Waals surface area contributed by atoms with Crippen molar-refractivity contribution in [1.82, 2.24) is 29.3 Å². The number of rotatable bonds is 5. The third-order valence-electron chi connectivity index (χ3n) is 5.74. The predicted molar refractivity (Wildman–Crippen MR) is 121 cm³/mol. The topological polar surface area (TPSA) is 91.1 Å². The van der Waals surface area contributed by atoms with E-state index in [0.29, 0.717) is 33.8 Å². The maximum atomic E-state index is 13.5. The highest BCUT2D eigenvalue weighted by molar-refractivity contribution is 7.98. The molecule has 0 spiro atoms. The fraction of sp³-hybridized carbons (Fsp3) is 0.261. The minimum absolute atomic E-state index is 0.113. The van der Waals surface area contributed by atoms with Gasteiger partial charge in [0.1, 0.15) is 0 Å². The Kier molecular flexibility index (Phi) is 4.39. The monoisotopic (exact) mass is 444 g/mol. The number of aromatic nitrogens is 6. The summed E-state index contributed by atoms with van der Waals surface area (Å²) in [7, 11) is 0. The van der Waals surface area contributed by atoms with Crippen LogP contribution in [0.4, 0.5) is 0 Å². The minimum Gasteiger partial charge on any atom is -0.339 e. The zero-order valence-corrected chi connectivity index (χ0v) is 18.5. The fourth-order valence-electron chi connectivity index (χ4n) is 3.90. The zero-order chi connectivity index (χ0) is 21.8. The quantitative estimate of drug-likeness (QED) is 0.375. The highest BCUT2D eigenvalue weighted by Crippen LogP contribution is 2.39. The molecule has 3 aromatic heterocycles. The molecule has 2 aromatic carbocycles. The van der Waals surface area contributed by atoms with Gasteiger partial charge in [0.05, 0.1) is 22.3 Å². The average Bonchev–Trinajstić information content (AvgIpc) is 3.39. The highest BCUT2D eigenvalue weighted by atomic mass is 32.2. The van der Waals surface area contributed by atoms with E-state index in [1.165, 1.54) is 11.8 Å². The standard InChI is InChI=1S/C23H20N6O2S/c1-13-7-8-14(2)18(11-13)28-21(30)16-5-3-4-6-17(16)29-22(28)25-26-23(29)32-12-19-24-20(31-27-19)15-9-10-15/h3-8,11,15H,9-10,12H2,1-2H3. The van der Waals surface area contributed by atoms with Crippen LogP contribution in [0.2, 0.25) is 0 Å². The normalized spacial score (nSPS) is 13.9. The van der Waals surface area contributed by atoms with E-state index in [9.17, 15) is 4.79 Å². The molecule has 8 nitrogen and oxygen atoms in total. The van der Waals surface area contributed by atoms with Gasteiger partial charge in [-0.3, -0.25) is 9.20 Å². The van der Waals surface area contributed by atoms with E-state index in [-0.39, 0.29) is 5.56 Å². The van der Waals surface area contributed by atoms with Crippen LogP contribution in [-0.2, 0) is 5.75 Å². The van der Waals surface area contributed by atoms with E-state index < -0.39 is 0 Å². The SMILES string of the molecule is Cc1ccc(C)c(-n2c(=O)c3ccccc3n3c(SCc4noc(C5CC5)n4)nnc23)c1. The molecule has 1 aliphatic carbocycles. The Morgan fingerprint density at radius 2 is 1.97 bits per heavy atom. The Balaban J connectivity index is 1.51. The van der Waals surface area contributed by atoms with Crippen LogP contribution in [0.5, 0.6) is 0 Å². The summed E-state index contributed by atoms with van der Waals surface area (Å²) >= 11 is 1.48. The third-order valence-corrected chi connectivity index (χ3v) is 6.67. The van der Waals surface area contributed by atoms with Crippen LogP contribution in [0.1, 0.15) is 41.6 Å². The summed E-state index contributed by atoms with van der Waals surface area (Å²) in [6, 6.07) is 13.6. The molecular weight excluding hydrogens is 424 g/mol. The molecule has 0 amide bonds. The number of thioether (sulfide) groups is 1. The second-order valence-corrected chi connectivity index (χ2v) is 9.12. The first-order valence-electron chi connectivity index (χ1n) is 10.5. The molecule has 1 saturated carbocycles. The first kappa shape index (κ1) is 19.2. The molecule has 0 unspecified atom stereocenters. The summed E-state index contributed by atoms with van der Waals surface area (Å²) in [6.45, 7) is 4.00. The Hall–Kier alpha value is -3.46. The van der Waals surface area contributed by atoms with Gasteiger partial charge in [0.15, 0.2) is 11.0 Å². The van der Waals surface area contributed by atoms with Gasteiger partial charge in [-0.15, -0.1) is 10.2 Å². The van der Waals surface area contributed by atoms with Gasteiger partial charge in [0, 0.05) is 5.92 Å². The lowest BCUT2D eigenvalue weighted by molar-refractivity contribution is 0.375. The van der Waals surface area contributed by atoms with Crippen LogP contribution in [0, 0.1) is 13.8 Å². The molecule has 5 aromatic rings. The summed E-state index contributed by atoms with van der Waals surface area (Å²) < 4.78 is 8.96. The number of benzene rings is 2. The Morgan fingerprint density at radius 1 is 1.12 bits per heavy atom. The van der Waals surface area contributed by atoms with Crippen molar-refractivity contribution < 1.29 is 4.52 Å². The second-order valence-electron chi connectivity index (χ2n) is 8.18. The van der Waals surface area contributed by atoms with Crippen molar-refractivity contribution in [3.63, 3.8) is 0 Å². The highest BCUT2D eigenvalue weighted by Gasteiger charge is 2.29. The molecule has 1 aliphatic rings. The number of aryl methyl sites for hydroxylation is 2. The number of nitrogens with zero attached hydrogens (tertiary/aromatic N) is 6. The Labute approximate surface area is 187 Å². The lowest BCUT2D eigenvalue weighted by Crippen LogP contribution is -2.22. The Morgan fingerprint density at radius 3 is 2.81 bits per heavy atom. The molecule has 160 valence electrons. The predicted octanol–water partition coefficient (Wildman–Crippen LogP) is 4.20. The molecule has 0 saturated heterocycles. The summed E-state index contributed by atoms with van der Waals surface area (Å²) in [4.78, 5) is 18.0. The summed E-state index contributed by atoms with van der Waals surface area (Å²) in [5.74, 6) is 2.78. The van der Waals surface area contributed by atoms with Gasteiger partial charge in [-0.05, 0) is 56.0 Å². The van der Waals surface area contributed by atoms with E-state index in [1.807, 2.05) is 60.7 Å². The minimum atomic E-state index is -0.113. The molecule has 0 bridgehead atoms. The smallest absolute Gasteiger partial charge is 0.267 e. The van der Waals surface area contributed by atoms with E-state index in [4.69, 9.17) is 4.52 Å². The van der Waals surface area contributed by atoms with E-state index in [1.54, 1.807) is 4.57 Å². The van der Waals surface area contributed by atoms with Crippen LogP contribution < -0.4 is 5.56 Å². The van der Waals surface area contributed by atoms with Crippen molar-refractivity contribution >= 4 is 28.4 Å². The Bertz CT molecular complexity index is 1550. The molecule has 6 rings (SSSR count). The van der Waals surface area contributed by atoms with E-state index >= 15 is 0 Å². The van der Waals surface area contributed by atoms with Gasteiger partial charge in [0.2, 0.25) is 11.7 Å². The average molecular weight is 445 g/mol. The summed E-state index contributed by atoms with van der Waals surface area (Å²) in [5, 5.41) is 14.2. The maximum Gasteiger partial charge on any atom is 0.267 e. The lowest BCUT2D eigenvalue weighted by atomic mass is 10.1. The number of hydrogen-bond acceptors (Lipinski definition) is 7. The first-order valence-corrected chi connectivity index (χ1v) is 11.5. The second kappa shape index (κ2) is 7.30. The van der Waals surface area contributed by atoms with Crippen LogP contribution >= 0.6 is 11.8 Å². The van der Waals surface area contributed by atoms with Crippen molar-refractivity contribution in [2.45, 2.75) is 43.5 Å². The zero-order valence-electron chi connectivity index (χ0n) is 17.6. The molecule has 0 aliphatic heterocycles. The van der Waals surface area contributed by atoms with Crippen molar-refractivity contribution in [2.75, 3.05) is 0 Å². The van der Waals surface area contributed by atoms with Crippen molar-refractivity contribution in [3.8, 4) is 5.69 Å². The van der Waals surface area contributed by atoms with Gasteiger partial charge in [0.25, 0.3) is 5.56 Å². The first-order chi connectivity index (χ1) is 15.6. The van der Waals surface area contributed by atoms with E-state index in [0.717, 1.165) is 41.1 Å². The molecule has 0 atom stereocenters. The van der Waals surface area contributed by atoms with Gasteiger partial charge >= 0.3 is 0 Å². The molecule has 0 radical (unpaired) electrons. The molecule has 32 heavy (non-hydrogen) atoms. The molecular formula is C23H20N6O2S. The maximum absolute atomic E-state index is 13.5. The van der Waals surface area contributed by atoms with Gasteiger partial charge in [-0.25, -0.2) is 4.57 Å². The van der Waals surface area contributed by atoms with Crippen LogP contribution in [0.15, 0.2) is 56.9 Å². The number of para-hydroxylation sites is 1. The van der Waals surface area contributed by atoms with Gasteiger partial charge in [-0.2, -0.15) is 4.98 Å². The lowest BCUT2D eigenvalue weighted by Gasteiger charge is -2.13. The third kappa shape index (κ3) is 3.12. The van der Waals surface area contributed by atoms with Crippen molar-refractivity contribution in [1.29, 1.82) is 0 Å². The van der Waals surface area contributed by atoms with Crippen molar-refractivity contribution in [3.05, 3.63) is 75.7 Å². The molecule has 1 fully saturated rings. The van der Waals surface area contributed by atoms with Crippen LogP contribution in [0.3, 0.4) is 0 Å². The molecule has 3 heterocycles. The van der Waals surface area contributed by atoms with Crippen LogP contribution in [-0.4, -0.2) is 29.3 Å². The number of hydrogen-bond donors (Lipinski definition) is 0. The summed E-state index contributed by atoms with van der Waals surface area (Å²) in [6.07, 6.45) is 2.23. The van der Waals surface area contributed by atoms with Crippen LogP contribution in [0.25, 0.3) is 22.4 Å². The summed E-state index contributed by atoms with van der Waals surface area (Å²) in [5.41, 5.74) is 3.53. The van der Waals surface area contributed by atoms with Gasteiger partial charge in [-0.1, -0.05) is 41.2 Å². The van der Waals surface area contributed by atoms with Crippen molar-refractivity contribution in [2.24, 2.45) is 0 Å². The molecule has 0 N–H and O–H groups in total. The van der Waals surface area contributed by atoms with Gasteiger partial charge < -0.3 is 4.52 Å². The van der Waals surface area contributed by atoms with E-state index in [2.05, 4.69) is 20.3 Å².